The second-order valence-corrected chi connectivity index (χ2v) is 5.37. The van der Waals surface area contributed by atoms with Crippen LogP contribution in [0.3, 0.4) is 0 Å². The molecule has 2 heterocycles. The molecule has 7 heteroatoms. The van der Waals surface area contributed by atoms with Crippen LogP contribution in [0.5, 0.6) is 0 Å². The highest BCUT2D eigenvalue weighted by Gasteiger charge is 2.18. The van der Waals surface area contributed by atoms with Crippen LogP contribution in [0, 0.1) is 0 Å². The summed E-state index contributed by atoms with van der Waals surface area (Å²) >= 11 is 1.36. The lowest BCUT2D eigenvalue weighted by atomic mass is 10.2. The maximum Gasteiger partial charge on any atom is 0.341 e. The summed E-state index contributed by atoms with van der Waals surface area (Å²) in [6.45, 7) is 0.904. The Labute approximate surface area is 127 Å². The molecular formula is C14H18N2O4S. The topological polar surface area (TPSA) is 77.5 Å². The molecule has 0 aromatic carbocycles. The lowest BCUT2D eigenvalue weighted by molar-refractivity contribution is -0.124. The number of aromatic nitrogens is 1. The molecule has 1 saturated heterocycles. The molecule has 0 radical (unpaired) electrons. The number of amides is 1. The molecule has 0 unspecified atom stereocenters. The Balaban J connectivity index is 1.76. The first-order valence-corrected chi connectivity index (χ1v) is 7.97. The largest absolute Gasteiger partial charge is 0.452 e. The van der Waals surface area contributed by atoms with Crippen LogP contribution in [0.2, 0.25) is 0 Å². The first-order chi connectivity index (χ1) is 10.2. The molecular weight excluding hydrogens is 292 g/mol. The number of nitrogens with one attached hydrogen (secondary N) is 1. The number of nitrogens with zero attached hydrogens (tertiary/aromatic N) is 1. The van der Waals surface area contributed by atoms with Gasteiger partial charge in [0.1, 0.15) is 5.03 Å². The second kappa shape index (κ2) is 7.99. The Kier molecular flexibility index (Phi) is 6.01. The van der Waals surface area contributed by atoms with Crippen molar-refractivity contribution in [2.45, 2.75) is 24.0 Å². The quantitative estimate of drug-likeness (QED) is 0.629. The summed E-state index contributed by atoms with van der Waals surface area (Å²) in [6.07, 6.45) is 5.48. The maximum absolute atomic E-state index is 11.9. The minimum Gasteiger partial charge on any atom is -0.452 e. The van der Waals surface area contributed by atoms with Gasteiger partial charge < -0.3 is 14.8 Å². The molecule has 1 N–H and O–H groups in total. The van der Waals surface area contributed by atoms with Crippen molar-refractivity contribution in [2.75, 3.05) is 26.0 Å². The van der Waals surface area contributed by atoms with E-state index in [1.807, 2.05) is 6.26 Å². The zero-order valence-corrected chi connectivity index (χ0v) is 12.6. The van der Waals surface area contributed by atoms with Gasteiger partial charge in [-0.05, 0) is 31.2 Å². The Morgan fingerprint density at radius 1 is 1.57 bits per heavy atom. The molecule has 0 bridgehead atoms. The van der Waals surface area contributed by atoms with Crippen LogP contribution in [-0.4, -0.2) is 49.0 Å². The van der Waals surface area contributed by atoms with Crippen molar-refractivity contribution in [2.24, 2.45) is 0 Å². The van der Waals surface area contributed by atoms with E-state index in [2.05, 4.69) is 10.3 Å². The van der Waals surface area contributed by atoms with Gasteiger partial charge in [0.2, 0.25) is 0 Å². The normalized spacial score (nSPS) is 17.5. The molecule has 1 aliphatic rings. The third-order valence-corrected chi connectivity index (χ3v) is 3.78. The summed E-state index contributed by atoms with van der Waals surface area (Å²) in [4.78, 5) is 27.6. The van der Waals surface area contributed by atoms with Crippen LogP contribution in [0.15, 0.2) is 23.4 Å². The zero-order chi connectivity index (χ0) is 15.1. The molecule has 21 heavy (non-hydrogen) atoms. The molecule has 1 aromatic heterocycles. The van der Waals surface area contributed by atoms with E-state index < -0.39 is 5.97 Å². The number of rotatable bonds is 6. The SMILES string of the molecule is CSc1ncccc1C(=O)OCC(=O)NC[C@H]1CCCO1. The van der Waals surface area contributed by atoms with E-state index in [0.29, 0.717) is 17.1 Å². The number of hydrogen-bond acceptors (Lipinski definition) is 6. The predicted molar refractivity (Wildman–Crippen MR) is 78.3 cm³/mol. The summed E-state index contributed by atoms with van der Waals surface area (Å²) in [6, 6.07) is 3.29. The molecule has 0 saturated carbocycles. The number of esters is 1. The molecule has 1 aliphatic heterocycles. The summed E-state index contributed by atoms with van der Waals surface area (Å²) < 4.78 is 10.4. The van der Waals surface area contributed by atoms with Crippen molar-refractivity contribution in [1.29, 1.82) is 0 Å². The molecule has 0 aliphatic carbocycles. The molecule has 1 amide bonds. The van der Waals surface area contributed by atoms with Gasteiger partial charge >= 0.3 is 5.97 Å². The Morgan fingerprint density at radius 3 is 3.14 bits per heavy atom. The molecule has 6 nitrogen and oxygen atoms in total. The van der Waals surface area contributed by atoms with Crippen molar-refractivity contribution in [3.8, 4) is 0 Å². The van der Waals surface area contributed by atoms with E-state index >= 15 is 0 Å². The van der Waals surface area contributed by atoms with Crippen LogP contribution in [-0.2, 0) is 14.3 Å². The first-order valence-electron chi connectivity index (χ1n) is 6.75. The van der Waals surface area contributed by atoms with E-state index in [9.17, 15) is 9.59 Å². The highest BCUT2D eigenvalue weighted by atomic mass is 32.2. The Morgan fingerprint density at radius 2 is 2.43 bits per heavy atom. The second-order valence-electron chi connectivity index (χ2n) is 4.58. The van der Waals surface area contributed by atoms with Crippen LogP contribution in [0.4, 0.5) is 0 Å². The zero-order valence-electron chi connectivity index (χ0n) is 11.8. The van der Waals surface area contributed by atoms with Gasteiger partial charge in [0.15, 0.2) is 6.61 Å². The van der Waals surface area contributed by atoms with E-state index in [1.165, 1.54) is 11.8 Å². The van der Waals surface area contributed by atoms with Gasteiger partial charge in [0.25, 0.3) is 5.91 Å². The van der Waals surface area contributed by atoms with Gasteiger partial charge in [-0.25, -0.2) is 9.78 Å². The van der Waals surface area contributed by atoms with Crippen LogP contribution in [0.1, 0.15) is 23.2 Å². The van der Waals surface area contributed by atoms with Crippen LogP contribution < -0.4 is 5.32 Å². The molecule has 1 fully saturated rings. The van der Waals surface area contributed by atoms with Crippen molar-refractivity contribution in [3.63, 3.8) is 0 Å². The summed E-state index contributed by atoms with van der Waals surface area (Å²) in [7, 11) is 0. The van der Waals surface area contributed by atoms with Crippen molar-refractivity contribution >= 4 is 23.6 Å². The number of hydrogen-bond donors (Lipinski definition) is 1. The lowest BCUT2D eigenvalue weighted by Crippen LogP contribution is -2.34. The third kappa shape index (κ3) is 4.71. The molecule has 1 aromatic rings. The van der Waals surface area contributed by atoms with Gasteiger partial charge in [0.05, 0.1) is 11.7 Å². The Bertz CT molecular complexity index is 504. The number of pyridine rings is 1. The van der Waals surface area contributed by atoms with E-state index in [4.69, 9.17) is 9.47 Å². The van der Waals surface area contributed by atoms with Crippen molar-refractivity contribution in [1.82, 2.24) is 10.3 Å². The van der Waals surface area contributed by atoms with Crippen molar-refractivity contribution in [3.05, 3.63) is 23.9 Å². The van der Waals surface area contributed by atoms with Crippen LogP contribution >= 0.6 is 11.8 Å². The highest BCUT2D eigenvalue weighted by Crippen LogP contribution is 2.17. The van der Waals surface area contributed by atoms with Crippen molar-refractivity contribution < 1.29 is 19.1 Å². The van der Waals surface area contributed by atoms with Gasteiger partial charge in [0, 0.05) is 19.3 Å². The van der Waals surface area contributed by atoms with Gasteiger partial charge in [-0.2, -0.15) is 0 Å². The highest BCUT2D eigenvalue weighted by molar-refractivity contribution is 7.98. The first kappa shape index (κ1) is 15.8. The van der Waals surface area contributed by atoms with Gasteiger partial charge in [-0.1, -0.05) is 0 Å². The molecule has 114 valence electrons. The minimum absolute atomic E-state index is 0.0751. The van der Waals surface area contributed by atoms with E-state index in [-0.39, 0.29) is 18.6 Å². The average molecular weight is 310 g/mol. The van der Waals surface area contributed by atoms with E-state index in [0.717, 1.165) is 19.4 Å². The fraction of sp³-hybridized carbons (Fsp3) is 0.500. The minimum atomic E-state index is -0.542. The number of carbonyl (C=O) groups excluding carboxylic acids is 2. The van der Waals surface area contributed by atoms with E-state index in [1.54, 1.807) is 18.3 Å². The monoisotopic (exact) mass is 310 g/mol. The fourth-order valence-corrected chi connectivity index (χ4v) is 2.54. The smallest absolute Gasteiger partial charge is 0.341 e. The molecule has 0 spiro atoms. The molecule has 2 rings (SSSR count). The number of ether oxygens (including phenoxy) is 2. The predicted octanol–water partition coefficient (Wildman–Crippen LogP) is 1.26. The average Bonchev–Trinajstić information content (AvgIpc) is 3.04. The third-order valence-electron chi connectivity index (χ3n) is 3.07. The van der Waals surface area contributed by atoms with Gasteiger partial charge in [-0.15, -0.1) is 11.8 Å². The maximum atomic E-state index is 11.9. The fourth-order valence-electron chi connectivity index (χ4n) is 2.00. The standard InChI is InChI=1S/C14H18N2O4S/c1-21-13-11(5-2-6-15-13)14(18)20-9-12(17)16-8-10-4-3-7-19-10/h2,5-6,10H,3-4,7-9H2,1H3,(H,16,17)/t10-/m1/s1. The number of thioether (sulfide) groups is 1. The number of carbonyl (C=O) groups is 2. The van der Waals surface area contributed by atoms with Gasteiger partial charge in [-0.3, -0.25) is 4.79 Å². The lowest BCUT2D eigenvalue weighted by Gasteiger charge is -2.11. The summed E-state index contributed by atoms with van der Waals surface area (Å²) in [5.74, 6) is -0.867. The molecule has 1 atom stereocenters. The summed E-state index contributed by atoms with van der Waals surface area (Å²) in [5.41, 5.74) is 0.372. The Hall–Kier alpha value is -1.60. The van der Waals surface area contributed by atoms with Crippen LogP contribution in [0.25, 0.3) is 0 Å². The summed E-state index contributed by atoms with van der Waals surface area (Å²) in [5, 5.41) is 3.28.